The quantitative estimate of drug-likeness (QED) is 0.908. The molecule has 0 radical (unpaired) electrons. The first-order valence-corrected chi connectivity index (χ1v) is 6.43. The number of anilines is 2. The number of pyridine rings is 1. The molecular formula is C15H14FN3O. The lowest BCUT2D eigenvalue weighted by molar-refractivity contribution is -0.117. The average molecular weight is 271 g/mol. The monoisotopic (exact) mass is 271 g/mol. The van der Waals surface area contributed by atoms with Gasteiger partial charge in [-0.05, 0) is 36.2 Å². The molecule has 102 valence electrons. The summed E-state index contributed by atoms with van der Waals surface area (Å²) in [5.41, 5.74) is 8.46. The van der Waals surface area contributed by atoms with E-state index in [2.05, 4.69) is 4.98 Å². The zero-order valence-corrected chi connectivity index (χ0v) is 10.8. The Morgan fingerprint density at radius 3 is 2.95 bits per heavy atom. The van der Waals surface area contributed by atoms with Crippen LogP contribution in [0.1, 0.15) is 11.3 Å². The zero-order valence-electron chi connectivity index (χ0n) is 10.8. The van der Waals surface area contributed by atoms with Crippen molar-refractivity contribution in [3.05, 3.63) is 53.6 Å². The highest BCUT2D eigenvalue weighted by Crippen LogP contribution is 2.29. The number of nitrogens with two attached hydrogens (primary N) is 1. The molecule has 0 aliphatic carbocycles. The number of carbonyl (C=O) groups excluding carboxylic acids is 1. The number of halogens is 1. The van der Waals surface area contributed by atoms with E-state index in [1.807, 2.05) is 0 Å². The molecule has 1 aromatic carbocycles. The van der Waals surface area contributed by atoms with Crippen molar-refractivity contribution in [2.45, 2.75) is 12.8 Å². The summed E-state index contributed by atoms with van der Waals surface area (Å²) in [5.74, 6) is -0.402. The molecule has 2 heterocycles. The van der Waals surface area contributed by atoms with Gasteiger partial charge in [0.25, 0.3) is 0 Å². The molecule has 5 heteroatoms. The van der Waals surface area contributed by atoms with Crippen LogP contribution in [0, 0.1) is 5.82 Å². The molecule has 4 nitrogen and oxygen atoms in total. The third-order valence-electron chi connectivity index (χ3n) is 3.42. The lowest BCUT2D eigenvalue weighted by atomic mass is 10.1. The number of fused-ring (bicyclic) bond motifs is 1. The van der Waals surface area contributed by atoms with Gasteiger partial charge in [0, 0.05) is 17.9 Å². The first-order valence-electron chi connectivity index (χ1n) is 6.43. The van der Waals surface area contributed by atoms with E-state index in [1.165, 1.54) is 18.3 Å². The van der Waals surface area contributed by atoms with Gasteiger partial charge in [-0.2, -0.15) is 0 Å². The molecule has 0 spiro atoms. The Morgan fingerprint density at radius 1 is 1.35 bits per heavy atom. The van der Waals surface area contributed by atoms with Crippen LogP contribution >= 0.6 is 0 Å². The van der Waals surface area contributed by atoms with Crippen LogP contribution in [0.25, 0.3) is 0 Å². The van der Waals surface area contributed by atoms with E-state index >= 15 is 0 Å². The van der Waals surface area contributed by atoms with Crippen LogP contribution in [0.2, 0.25) is 0 Å². The fourth-order valence-corrected chi connectivity index (χ4v) is 2.40. The van der Waals surface area contributed by atoms with Gasteiger partial charge in [-0.25, -0.2) is 4.39 Å². The minimum atomic E-state index is -0.325. The van der Waals surface area contributed by atoms with Crippen molar-refractivity contribution in [2.75, 3.05) is 17.2 Å². The molecule has 0 bridgehead atoms. The summed E-state index contributed by atoms with van der Waals surface area (Å²) in [6.45, 7) is 0.590. The van der Waals surface area contributed by atoms with Crippen LogP contribution in [-0.4, -0.2) is 17.4 Å². The van der Waals surface area contributed by atoms with Crippen molar-refractivity contribution in [2.24, 2.45) is 0 Å². The lowest BCUT2D eigenvalue weighted by Crippen LogP contribution is -2.30. The van der Waals surface area contributed by atoms with Crippen LogP contribution in [0.3, 0.4) is 0 Å². The third-order valence-corrected chi connectivity index (χ3v) is 3.42. The lowest BCUT2D eigenvalue weighted by Gasteiger charge is -2.17. The highest BCUT2D eigenvalue weighted by Gasteiger charge is 2.25. The number of benzene rings is 1. The number of nitrogens with zero attached hydrogens (tertiary/aromatic N) is 2. The molecule has 0 fully saturated rings. The fraction of sp³-hybridized carbons (Fsp3) is 0.200. The molecular weight excluding hydrogens is 257 g/mol. The topological polar surface area (TPSA) is 59.2 Å². The number of rotatable bonds is 2. The molecule has 20 heavy (non-hydrogen) atoms. The maximum absolute atomic E-state index is 13.3. The second kappa shape index (κ2) is 4.92. The summed E-state index contributed by atoms with van der Waals surface area (Å²) in [5, 5.41) is 0. The standard InChI is InChI=1S/C15H14FN3O/c16-11-2-1-10-5-6-19(14(10)7-11)15(20)8-13-4-3-12(17)9-18-13/h1-4,7,9H,5-6,8,17H2. The minimum Gasteiger partial charge on any atom is -0.397 e. The summed E-state index contributed by atoms with van der Waals surface area (Å²) in [7, 11) is 0. The van der Waals surface area contributed by atoms with Crippen molar-refractivity contribution in [3.8, 4) is 0 Å². The van der Waals surface area contributed by atoms with Crippen molar-refractivity contribution in [1.82, 2.24) is 4.98 Å². The SMILES string of the molecule is Nc1ccc(CC(=O)N2CCc3ccc(F)cc32)nc1. The molecule has 1 aliphatic rings. The van der Waals surface area contributed by atoms with E-state index in [4.69, 9.17) is 5.73 Å². The van der Waals surface area contributed by atoms with E-state index in [9.17, 15) is 9.18 Å². The minimum absolute atomic E-state index is 0.0772. The zero-order chi connectivity index (χ0) is 14.1. The van der Waals surface area contributed by atoms with Crippen LogP contribution < -0.4 is 10.6 Å². The van der Waals surface area contributed by atoms with Crippen LogP contribution in [0.5, 0.6) is 0 Å². The summed E-state index contributed by atoms with van der Waals surface area (Å²) < 4.78 is 13.3. The van der Waals surface area contributed by atoms with Gasteiger partial charge in [-0.15, -0.1) is 0 Å². The first kappa shape index (κ1) is 12.6. The van der Waals surface area contributed by atoms with Crippen molar-refractivity contribution in [1.29, 1.82) is 0 Å². The molecule has 0 saturated heterocycles. The maximum Gasteiger partial charge on any atom is 0.233 e. The third kappa shape index (κ3) is 2.34. The number of hydrogen-bond acceptors (Lipinski definition) is 3. The molecule has 0 atom stereocenters. The predicted molar refractivity (Wildman–Crippen MR) is 74.8 cm³/mol. The number of hydrogen-bond donors (Lipinski definition) is 1. The number of aromatic nitrogens is 1. The number of nitrogen functional groups attached to an aromatic ring is 1. The van der Waals surface area contributed by atoms with Gasteiger partial charge in [-0.3, -0.25) is 9.78 Å². The van der Waals surface area contributed by atoms with E-state index < -0.39 is 0 Å². The molecule has 1 aliphatic heterocycles. The van der Waals surface area contributed by atoms with E-state index in [-0.39, 0.29) is 18.1 Å². The van der Waals surface area contributed by atoms with E-state index in [0.717, 1.165) is 12.0 Å². The average Bonchev–Trinajstić information content (AvgIpc) is 2.84. The smallest absolute Gasteiger partial charge is 0.233 e. The summed E-state index contributed by atoms with van der Waals surface area (Å²) in [6.07, 6.45) is 2.48. The van der Waals surface area contributed by atoms with Gasteiger partial charge in [0.1, 0.15) is 5.82 Å². The number of carbonyl (C=O) groups is 1. The Morgan fingerprint density at radius 2 is 2.20 bits per heavy atom. The Hall–Kier alpha value is -2.43. The Bertz CT molecular complexity index is 655. The van der Waals surface area contributed by atoms with Gasteiger partial charge in [-0.1, -0.05) is 6.07 Å². The largest absolute Gasteiger partial charge is 0.397 e. The van der Waals surface area contributed by atoms with Gasteiger partial charge in [0.05, 0.1) is 18.3 Å². The first-order chi connectivity index (χ1) is 9.63. The van der Waals surface area contributed by atoms with Crippen molar-refractivity contribution < 1.29 is 9.18 Å². The summed E-state index contributed by atoms with van der Waals surface area (Å²) >= 11 is 0. The summed E-state index contributed by atoms with van der Waals surface area (Å²) in [4.78, 5) is 18.0. The van der Waals surface area contributed by atoms with Gasteiger partial charge >= 0.3 is 0 Å². The Labute approximate surface area is 116 Å². The Kier molecular flexibility index (Phi) is 3.10. The van der Waals surface area contributed by atoms with Crippen molar-refractivity contribution in [3.63, 3.8) is 0 Å². The number of amides is 1. The van der Waals surface area contributed by atoms with Gasteiger partial charge in [0.15, 0.2) is 0 Å². The second-order valence-corrected chi connectivity index (χ2v) is 4.83. The second-order valence-electron chi connectivity index (χ2n) is 4.83. The Balaban J connectivity index is 1.80. The molecule has 3 rings (SSSR count). The van der Waals surface area contributed by atoms with Gasteiger partial charge < -0.3 is 10.6 Å². The van der Waals surface area contributed by atoms with Crippen LogP contribution in [0.4, 0.5) is 15.8 Å². The highest BCUT2D eigenvalue weighted by atomic mass is 19.1. The van der Waals surface area contributed by atoms with E-state index in [1.54, 1.807) is 23.1 Å². The fourth-order valence-electron chi connectivity index (χ4n) is 2.40. The molecule has 0 saturated carbocycles. The molecule has 1 aromatic heterocycles. The highest BCUT2D eigenvalue weighted by molar-refractivity contribution is 5.96. The normalized spacial score (nSPS) is 13.3. The molecule has 0 unspecified atom stereocenters. The van der Waals surface area contributed by atoms with Crippen molar-refractivity contribution >= 4 is 17.3 Å². The molecule has 2 N–H and O–H groups in total. The van der Waals surface area contributed by atoms with E-state index in [0.29, 0.717) is 23.6 Å². The van der Waals surface area contributed by atoms with Crippen LogP contribution in [0.15, 0.2) is 36.5 Å². The van der Waals surface area contributed by atoms with Gasteiger partial charge in [0.2, 0.25) is 5.91 Å². The predicted octanol–water partition coefficient (Wildman–Crippen LogP) is 1.93. The summed E-state index contributed by atoms with van der Waals surface area (Å²) in [6, 6.07) is 8.02. The molecule has 2 aromatic rings. The maximum atomic E-state index is 13.3. The molecule has 1 amide bonds. The van der Waals surface area contributed by atoms with Crippen LogP contribution in [-0.2, 0) is 17.6 Å².